The van der Waals surface area contributed by atoms with E-state index in [0.29, 0.717) is 6.54 Å². The molecule has 22 heavy (non-hydrogen) atoms. The van der Waals surface area contributed by atoms with Crippen molar-refractivity contribution in [1.29, 1.82) is 0 Å². The van der Waals surface area contributed by atoms with E-state index in [4.69, 9.17) is 11.5 Å². The van der Waals surface area contributed by atoms with E-state index in [1.54, 1.807) is 4.90 Å². The molecule has 0 fully saturated rings. The Bertz CT molecular complexity index is 254. The quantitative estimate of drug-likeness (QED) is 0.211. The summed E-state index contributed by atoms with van der Waals surface area (Å²) in [4.78, 5) is 12.4. The summed E-state index contributed by atoms with van der Waals surface area (Å²) in [6.07, 6.45) is 12.2. The number of unbranched alkanes of at least 4 members (excludes halogenated alkanes) is 9. The zero-order valence-electron chi connectivity index (χ0n) is 14.7. The van der Waals surface area contributed by atoms with Crippen molar-refractivity contribution in [2.24, 2.45) is 11.5 Å². The largest absolute Gasteiger partial charge is 1.00 e. The van der Waals surface area contributed by atoms with Crippen molar-refractivity contribution in [2.75, 3.05) is 19.6 Å². The number of nitrogens with zero attached hydrogens (tertiary/aromatic N) is 1. The Hall–Kier alpha value is 0.350. The Morgan fingerprint density at radius 2 is 1.41 bits per heavy atom. The van der Waals surface area contributed by atoms with Gasteiger partial charge in [-0.1, -0.05) is 64.7 Å². The van der Waals surface area contributed by atoms with Crippen molar-refractivity contribution in [1.82, 2.24) is 4.90 Å². The normalized spacial score (nSPS) is 11.0. The molecule has 0 aliphatic carbocycles. The number of aliphatic carboxylic acids is 1. The summed E-state index contributed by atoms with van der Waals surface area (Å²) in [6.45, 7) is 3.30. The molecule has 0 heterocycles. The smallest absolute Gasteiger partial charge is 0.549 e. The van der Waals surface area contributed by atoms with E-state index in [-0.39, 0.29) is 36.1 Å². The molecule has 6 heteroatoms. The van der Waals surface area contributed by atoms with Crippen LogP contribution in [-0.4, -0.2) is 36.7 Å². The number of nitrogens with two attached hydrogens (primary N) is 2. The van der Waals surface area contributed by atoms with E-state index >= 15 is 0 Å². The SMILES string of the molecule is CCCCCCCCCCCCN(CC(=O)[O-])CC(N)N.[Na+]. The monoisotopic (exact) mass is 323 g/mol. The van der Waals surface area contributed by atoms with Crippen molar-refractivity contribution >= 4 is 5.97 Å². The molecule has 5 nitrogen and oxygen atoms in total. The van der Waals surface area contributed by atoms with Crippen molar-refractivity contribution < 1.29 is 39.5 Å². The van der Waals surface area contributed by atoms with E-state index in [1.165, 1.54) is 51.4 Å². The molecule has 0 spiro atoms. The molecule has 0 aromatic rings. The van der Waals surface area contributed by atoms with Gasteiger partial charge in [-0.2, -0.15) is 0 Å². The molecule has 0 atom stereocenters. The van der Waals surface area contributed by atoms with Crippen molar-refractivity contribution in [3.8, 4) is 0 Å². The van der Waals surface area contributed by atoms with Gasteiger partial charge in [-0.15, -0.1) is 0 Å². The fourth-order valence-electron chi connectivity index (χ4n) is 2.54. The van der Waals surface area contributed by atoms with Crippen molar-refractivity contribution in [3.05, 3.63) is 0 Å². The van der Waals surface area contributed by atoms with Gasteiger partial charge in [0.05, 0.1) is 12.1 Å². The summed E-state index contributed by atoms with van der Waals surface area (Å²) in [5.41, 5.74) is 11.0. The Labute approximate surface area is 158 Å². The molecular formula is C16H34N3NaO2. The first kappa shape index (κ1) is 24.6. The molecule has 0 amide bonds. The van der Waals surface area contributed by atoms with Crippen LogP contribution in [0, 0.1) is 0 Å². The summed E-state index contributed by atoms with van der Waals surface area (Å²) >= 11 is 0. The molecule has 0 saturated carbocycles. The first-order valence-electron chi connectivity index (χ1n) is 8.49. The van der Waals surface area contributed by atoms with Gasteiger partial charge in [-0.3, -0.25) is 4.90 Å². The molecule has 0 aliphatic rings. The van der Waals surface area contributed by atoms with Crippen molar-refractivity contribution in [2.45, 2.75) is 77.3 Å². The minimum atomic E-state index is -1.07. The molecule has 0 aromatic carbocycles. The van der Waals surface area contributed by atoms with Gasteiger partial charge < -0.3 is 21.4 Å². The molecule has 0 aromatic heterocycles. The van der Waals surface area contributed by atoms with Crippen LogP contribution in [0.25, 0.3) is 0 Å². The number of carbonyl (C=O) groups is 1. The number of rotatable bonds is 15. The van der Waals surface area contributed by atoms with Gasteiger partial charge in [0.25, 0.3) is 0 Å². The Balaban J connectivity index is 0. The van der Waals surface area contributed by atoms with Gasteiger partial charge in [0.1, 0.15) is 0 Å². The summed E-state index contributed by atoms with van der Waals surface area (Å²) < 4.78 is 0. The van der Waals surface area contributed by atoms with Gasteiger partial charge in [-0.25, -0.2) is 0 Å². The first-order valence-corrected chi connectivity index (χ1v) is 8.49. The number of carbonyl (C=O) groups excluding carboxylic acids is 1. The average Bonchev–Trinajstić information content (AvgIpc) is 2.39. The van der Waals surface area contributed by atoms with Crippen LogP contribution in [-0.2, 0) is 4.79 Å². The second kappa shape index (κ2) is 17.7. The van der Waals surface area contributed by atoms with Crippen LogP contribution in [0.4, 0.5) is 0 Å². The Morgan fingerprint density at radius 3 is 1.82 bits per heavy atom. The molecule has 126 valence electrons. The molecule has 0 bridgehead atoms. The van der Waals surface area contributed by atoms with Crippen LogP contribution in [0.15, 0.2) is 0 Å². The van der Waals surface area contributed by atoms with E-state index < -0.39 is 12.1 Å². The number of carboxylic acid groups (broad SMARTS) is 1. The van der Waals surface area contributed by atoms with Gasteiger partial charge in [0, 0.05) is 13.1 Å². The van der Waals surface area contributed by atoms with E-state index in [1.807, 2.05) is 0 Å². The molecule has 0 unspecified atom stereocenters. The first-order chi connectivity index (χ1) is 10.1. The second-order valence-electron chi connectivity index (χ2n) is 5.95. The van der Waals surface area contributed by atoms with Gasteiger partial charge in [-0.05, 0) is 13.0 Å². The predicted octanol–water partition coefficient (Wildman–Crippen LogP) is -1.79. The standard InChI is InChI=1S/C16H35N3O2.Na/c1-2-3-4-5-6-7-8-9-10-11-12-19(13-15(17)18)14-16(20)21;/h15H,2-14,17-18H2,1H3,(H,20,21);/q;+1/p-1. The van der Waals surface area contributed by atoms with E-state index in [0.717, 1.165) is 19.4 Å². The van der Waals surface area contributed by atoms with Crippen LogP contribution in [0.1, 0.15) is 71.1 Å². The molecule has 0 rings (SSSR count). The maximum absolute atomic E-state index is 10.6. The van der Waals surface area contributed by atoms with E-state index in [2.05, 4.69) is 6.92 Å². The van der Waals surface area contributed by atoms with Crippen LogP contribution in [0.2, 0.25) is 0 Å². The molecule has 0 aliphatic heterocycles. The zero-order chi connectivity index (χ0) is 15.9. The molecule has 0 saturated heterocycles. The van der Waals surface area contributed by atoms with Gasteiger partial charge in [0.2, 0.25) is 0 Å². The predicted molar refractivity (Wildman–Crippen MR) is 85.5 cm³/mol. The molecule has 0 radical (unpaired) electrons. The summed E-state index contributed by atoms with van der Waals surface area (Å²) in [5, 5.41) is 10.6. The Morgan fingerprint density at radius 1 is 0.955 bits per heavy atom. The van der Waals surface area contributed by atoms with Gasteiger partial charge >= 0.3 is 29.6 Å². The van der Waals surface area contributed by atoms with Crippen LogP contribution in [0.5, 0.6) is 0 Å². The third-order valence-electron chi connectivity index (χ3n) is 3.65. The molecular weight excluding hydrogens is 289 g/mol. The fraction of sp³-hybridized carbons (Fsp3) is 0.938. The van der Waals surface area contributed by atoms with Crippen LogP contribution >= 0.6 is 0 Å². The molecule has 4 N–H and O–H groups in total. The van der Waals surface area contributed by atoms with E-state index in [9.17, 15) is 9.90 Å². The van der Waals surface area contributed by atoms with Crippen LogP contribution < -0.4 is 46.1 Å². The summed E-state index contributed by atoms with van der Waals surface area (Å²) in [5.74, 6) is -1.07. The number of hydrogen-bond acceptors (Lipinski definition) is 5. The average molecular weight is 323 g/mol. The van der Waals surface area contributed by atoms with Crippen molar-refractivity contribution in [3.63, 3.8) is 0 Å². The zero-order valence-corrected chi connectivity index (χ0v) is 16.7. The fourth-order valence-corrected chi connectivity index (χ4v) is 2.54. The van der Waals surface area contributed by atoms with Gasteiger partial charge in [0.15, 0.2) is 0 Å². The topological polar surface area (TPSA) is 95.4 Å². The Kier molecular flexibility index (Phi) is 19.8. The number of carboxylic acids is 1. The maximum atomic E-state index is 10.6. The minimum Gasteiger partial charge on any atom is -0.549 e. The minimum absolute atomic E-state index is 0. The van der Waals surface area contributed by atoms with Crippen LogP contribution in [0.3, 0.4) is 0 Å². The summed E-state index contributed by atoms with van der Waals surface area (Å²) in [7, 11) is 0. The third kappa shape index (κ3) is 18.4. The second-order valence-corrected chi connectivity index (χ2v) is 5.95. The third-order valence-corrected chi connectivity index (χ3v) is 3.65. The summed E-state index contributed by atoms with van der Waals surface area (Å²) in [6, 6.07) is 0. The number of hydrogen-bond donors (Lipinski definition) is 2. The maximum Gasteiger partial charge on any atom is 1.00 e.